The number of aromatic nitrogens is 2. The van der Waals surface area contributed by atoms with E-state index >= 15 is 0 Å². The summed E-state index contributed by atoms with van der Waals surface area (Å²) in [6, 6.07) is 7.25. The van der Waals surface area contributed by atoms with E-state index in [-0.39, 0.29) is 5.82 Å². The van der Waals surface area contributed by atoms with Crippen molar-refractivity contribution in [1.29, 1.82) is 0 Å². The maximum atomic E-state index is 14.0. The van der Waals surface area contributed by atoms with Crippen LogP contribution < -0.4 is 5.32 Å². The van der Waals surface area contributed by atoms with Gasteiger partial charge in [-0.2, -0.15) is 5.10 Å². The van der Waals surface area contributed by atoms with E-state index in [1.165, 1.54) is 12.8 Å². The quantitative estimate of drug-likeness (QED) is 0.897. The summed E-state index contributed by atoms with van der Waals surface area (Å²) in [4.78, 5) is 0. The van der Waals surface area contributed by atoms with Crippen LogP contribution in [0.2, 0.25) is 0 Å². The molecule has 0 bridgehead atoms. The summed E-state index contributed by atoms with van der Waals surface area (Å²) in [6.07, 6.45) is 4.25. The van der Waals surface area contributed by atoms with Crippen molar-refractivity contribution in [2.45, 2.75) is 25.3 Å². The summed E-state index contributed by atoms with van der Waals surface area (Å²) in [5.41, 5.74) is 2.53. The van der Waals surface area contributed by atoms with Crippen molar-refractivity contribution in [3.05, 3.63) is 47.5 Å². The number of halogens is 1. The average molecular weight is 245 g/mol. The van der Waals surface area contributed by atoms with Gasteiger partial charge in [-0.15, -0.1) is 0 Å². The van der Waals surface area contributed by atoms with Gasteiger partial charge in [0.05, 0.1) is 5.69 Å². The Morgan fingerprint density at radius 2 is 2.22 bits per heavy atom. The molecule has 1 heterocycles. The lowest BCUT2D eigenvalue weighted by Gasteiger charge is -2.06. The highest BCUT2D eigenvalue weighted by Crippen LogP contribution is 2.39. The minimum atomic E-state index is -0.229. The molecule has 1 aliphatic carbocycles. The van der Waals surface area contributed by atoms with Crippen LogP contribution in [0.15, 0.2) is 30.5 Å². The number of hydrogen-bond donors (Lipinski definition) is 1. The Balaban J connectivity index is 1.90. The van der Waals surface area contributed by atoms with Gasteiger partial charge in [0.25, 0.3) is 0 Å². The Morgan fingerprint density at radius 1 is 1.39 bits per heavy atom. The van der Waals surface area contributed by atoms with Crippen LogP contribution >= 0.6 is 0 Å². The van der Waals surface area contributed by atoms with Crippen molar-refractivity contribution in [3.8, 4) is 5.69 Å². The molecule has 1 aliphatic rings. The monoisotopic (exact) mass is 245 g/mol. The minimum absolute atomic E-state index is 0.229. The molecule has 18 heavy (non-hydrogen) atoms. The molecule has 3 nitrogen and oxygen atoms in total. The maximum Gasteiger partial charge on any atom is 0.149 e. The van der Waals surface area contributed by atoms with Gasteiger partial charge in [-0.05, 0) is 43.7 Å². The first-order chi connectivity index (χ1) is 8.78. The first kappa shape index (κ1) is 11.4. The minimum Gasteiger partial charge on any atom is -0.316 e. The lowest BCUT2D eigenvalue weighted by Crippen LogP contribution is -2.06. The molecule has 0 saturated heterocycles. The Bertz CT molecular complexity index is 558. The van der Waals surface area contributed by atoms with Gasteiger partial charge in [0.15, 0.2) is 0 Å². The fourth-order valence-electron chi connectivity index (χ4n) is 2.12. The Labute approximate surface area is 106 Å². The number of nitrogens with one attached hydrogen (secondary N) is 1. The molecular formula is C14H16FN3. The molecular weight excluding hydrogens is 229 g/mol. The predicted molar refractivity (Wildman–Crippen MR) is 68.3 cm³/mol. The maximum absolute atomic E-state index is 14.0. The van der Waals surface area contributed by atoms with Crippen molar-refractivity contribution in [1.82, 2.24) is 15.1 Å². The van der Waals surface area contributed by atoms with Gasteiger partial charge in [0, 0.05) is 18.7 Å². The highest BCUT2D eigenvalue weighted by molar-refractivity contribution is 5.36. The van der Waals surface area contributed by atoms with E-state index in [4.69, 9.17) is 0 Å². The van der Waals surface area contributed by atoms with Gasteiger partial charge >= 0.3 is 0 Å². The smallest absolute Gasteiger partial charge is 0.149 e. The highest BCUT2D eigenvalue weighted by atomic mass is 19.1. The van der Waals surface area contributed by atoms with Crippen LogP contribution in [0.5, 0.6) is 0 Å². The average Bonchev–Trinajstić information content (AvgIpc) is 3.09. The van der Waals surface area contributed by atoms with Gasteiger partial charge in [-0.1, -0.05) is 6.07 Å². The molecule has 94 valence electrons. The van der Waals surface area contributed by atoms with Gasteiger partial charge in [-0.3, -0.25) is 0 Å². The largest absolute Gasteiger partial charge is 0.316 e. The zero-order valence-electron chi connectivity index (χ0n) is 10.4. The third-order valence-electron chi connectivity index (χ3n) is 3.25. The van der Waals surface area contributed by atoms with E-state index in [9.17, 15) is 4.39 Å². The summed E-state index contributed by atoms with van der Waals surface area (Å²) < 4.78 is 15.6. The van der Waals surface area contributed by atoms with Gasteiger partial charge in [0.2, 0.25) is 0 Å². The van der Waals surface area contributed by atoms with Gasteiger partial charge in [-0.25, -0.2) is 9.07 Å². The molecule has 0 unspecified atom stereocenters. The second-order valence-electron chi connectivity index (χ2n) is 4.78. The molecule has 0 aliphatic heterocycles. The lowest BCUT2D eigenvalue weighted by molar-refractivity contribution is 0.606. The van der Waals surface area contributed by atoms with Crippen molar-refractivity contribution in [3.63, 3.8) is 0 Å². The third-order valence-corrected chi connectivity index (χ3v) is 3.25. The Hall–Kier alpha value is -1.68. The van der Waals surface area contributed by atoms with Crippen LogP contribution in [0.1, 0.15) is 30.0 Å². The first-order valence-corrected chi connectivity index (χ1v) is 6.27. The number of rotatable bonds is 4. The zero-order valence-corrected chi connectivity index (χ0v) is 10.4. The van der Waals surface area contributed by atoms with Crippen molar-refractivity contribution >= 4 is 0 Å². The SMILES string of the molecule is CNCc1ccc(-n2ccc(C3CC3)n2)c(F)c1. The van der Waals surface area contributed by atoms with E-state index in [1.54, 1.807) is 16.8 Å². The zero-order chi connectivity index (χ0) is 12.5. The molecule has 1 aromatic carbocycles. The standard InChI is InChI=1S/C14H16FN3/c1-16-9-10-2-5-14(12(15)8-10)18-7-6-13(17-18)11-3-4-11/h2,5-8,11,16H,3-4,9H2,1H3. The van der Waals surface area contributed by atoms with Crippen LogP contribution in [0.4, 0.5) is 4.39 Å². The summed E-state index contributed by atoms with van der Waals surface area (Å²) in [5, 5.41) is 7.45. The second kappa shape index (κ2) is 4.53. The molecule has 1 aromatic heterocycles. The van der Waals surface area contributed by atoms with Gasteiger partial charge in [0.1, 0.15) is 11.5 Å². The summed E-state index contributed by atoms with van der Waals surface area (Å²) in [6.45, 7) is 0.670. The molecule has 0 spiro atoms. The fourth-order valence-corrected chi connectivity index (χ4v) is 2.12. The fraction of sp³-hybridized carbons (Fsp3) is 0.357. The summed E-state index contributed by atoms with van der Waals surface area (Å²) >= 11 is 0. The molecule has 2 aromatic rings. The summed E-state index contributed by atoms with van der Waals surface area (Å²) in [5.74, 6) is 0.367. The molecule has 3 rings (SSSR count). The highest BCUT2D eigenvalue weighted by Gasteiger charge is 2.26. The predicted octanol–water partition coefficient (Wildman–Crippen LogP) is 2.61. The van der Waals surface area contributed by atoms with E-state index in [2.05, 4.69) is 10.4 Å². The number of benzene rings is 1. The second-order valence-corrected chi connectivity index (χ2v) is 4.78. The van der Waals surface area contributed by atoms with Crippen LogP contribution in [-0.4, -0.2) is 16.8 Å². The Kier molecular flexibility index (Phi) is 2.88. The topological polar surface area (TPSA) is 29.9 Å². The Morgan fingerprint density at radius 3 is 2.89 bits per heavy atom. The van der Waals surface area contributed by atoms with Crippen LogP contribution in [0.3, 0.4) is 0 Å². The molecule has 0 atom stereocenters. The van der Waals surface area contributed by atoms with Crippen molar-refractivity contribution < 1.29 is 4.39 Å². The van der Waals surface area contributed by atoms with E-state index in [0.717, 1.165) is 11.3 Å². The lowest BCUT2D eigenvalue weighted by atomic mass is 10.2. The normalized spacial score (nSPS) is 15.0. The van der Waals surface area contributed by atoms with Crippen molar-refractivity contribution in [2.24, 2.45) is 0 Å². The molecule has 1 fully saturated rings. The van der Waals surface area contributed by atoms with Crippen LogP contribution in [-0.2, 0) is 6.54 Å². The van der Waals surface area contributed by atoms with Gasteiger partial charge < -0.3 is 5.32 Å². The van der Waals surface area contributed by atoms with Crippen LogP contribution in [0.25, 0.3) is 5.69 Å². The molecule has 0 amide bonds. The third kappa shape index (κ3) is 2.16. The van der Waals surface area contributed by atoms with E-state index in [0.29, 0.717) is 18.2 Å². The molecule has 4 heteroatoms. The first-order valence-electron chi connectivity index (χ1n) is 6.27. The van der Waals surface area contributed by atoms with Crippen LogP contribution in [0, 0.1) is 5.82 Å². The van der Waals surface area contributed by atoms with Crippen molar-refractivity contribution in [2.75, 3.05) is 7.05 Å². The molecule has 1 N–H and O–H groups in total. The number of nitrogens with zero attached hydrogens (tertiary/aromatic N) is 2. The number of hydrogen-bond acceptors (Lipinski definition) is 2. The molecule has 0 radical (unpaired) electrons. The van der Waals surface area contributed by atoms with E-state index in [1.807, 2.05) is 25.4 Å². The summed E-state index contributed by atoms with van der Waals surface area (Å²) in [7, 11) is 1.85. The molecule has 1 saturated carbocycles. The van der Waals surface area contributed by atoms with E-state index < -0.39 is 0 Å².